The fourth-order valence-corrected chi connectivity index (χ4v) is 3.31. The summed E-state index contributed by atoms with van der Waals surface area (Å²) in [6.45, 7) is 0.732. The number of halogens is 2. The molecule has 0 aliphatic carbocycles. The van der Waals surface area contributed by atoms with Gasteiger partial charge in [0.1, 0.15) is 5.75 Å². The second-order valence-corrected chi connectivity index (χ2v) is 6.08. The third-order valence-electron chi connectivity index (χ3n) is 4.24. The van der Waals surface area contributed by atoms with Gasteiger partial charge in [-0.1, -0.05) is 23.7 Å². The van der Waals surface area contributed by atoms with Crippen molar-refractivity contribution in [3.63, 3.8) is 0 Å². The van der Waals surface area contributed by atoms with E-state index in [0.29, 0.717) is 16.3 Å². The summed E-state index contributed by atoms with van der Waals surface area (Å²) in [5.74, 6) is 0.763. The van der Waals surface area contributed by atoms with Gasteiger partial charge in [-0.05, 0) is 48.7 Å². The van der Waals surface area contributed by atoms with Gasteiger partial charge in [0, 0.05) is 12.2 Å². The Morgan fingerprint density at radius 3 is 2.58 bits per heavy atom. The highest BCUT2D eigenvalue weighted by atomic mass is 35.5. The van der Waals surface area contributed by atoms with Crippen LogP contribution in [-0.2, 0) is 0 Å². The van der Waals surface area contributed by atoms with Crippen LogP contribution < -0.4 is 10.5 Å². The summed E-state index contributed by atoms with van der Waals surface area (Å²) < 4.78 is 5.19. The molecule has 0 radical (unpaired) electrons. The first-order chi connectivity index (χ1) is 11.1. The molecule has 0 saturated carbocycles. The van der Waals surface area contributed by atoms with Crippen molar-refractivity contribution in [2.24, 2.45) is 0 Å². The number of nitrogens with zero attached hydrogens (tertiary/aromatic N) is 1. The standard InChI is InChI=1S/C18H19ClN2O2.ClH/c1-23-14-7-4-12(5-8-14)17-3-2-10-21(17)18(22)15-9-6-13(20)11-16(15)19;/h4-9,11,17H,2-3,10,20H2,1H3;1H. The van der Waals surface area contributed by atoms with Crippen molar-refractivity contribution >= 4 is 35.6 Å². The Kier molecular flexibility index (Phi) is 5.97. The van der Waals surface area contributed by atoms with Crippen LogP contribution in [0.15, 0.2) is 42.5 Å². The number of hydrogen-bond donors (Lipinski definition) is 1. The lowest BCUT2D eigenvalue weighted by Crippen LogP contribution is -2.30. The number of rotatable bonds is 3. The maximum absolute atomic E-state index is 12.9. The zero-order chi connectivity index (χ0) is 16.4. The molecule has 3 rings (SSSR count). The normalized spacial score (nSPS) is 16.6. The van der Waals surface area contributed by atoms with Crippen LogP contribution in [0.4, 0.5) is 5.69 Å². The van der Waals surface area contributed by atoms with Crippen LogP contribution in [0.1, 0.15) is 34.8 Å². The van der Waals surface area contributed by atoms with E-state index in [1.54, 1.807) is 25.3 Å². The van der Waals surface area contributed by atoms with Crippen LogP contribution in [-0.4, -0.2) is 24.5 Å². The minimum absolute atomic E-state index is 0. The van der Waals surface area contributed by atoms with Gasteiger partial charge in [-0.2, -0.15) is 0 Å². The van der Waals surface area contributed by atoms with E-state index in [2.05, 4.69) is 0 Å². The number of benzene rings is 2. The van der Waals surface area contributed by atoms with E-state index in [-0.39, 0.29) is 24.4 Å². The zero-order valence-corrected chi connectivity index (χ0v) is 14.9. The number of nitrogen functional groups attached to an aromatic ring is 1. The van der Waals surface area contributed by atoms with Crippen LogP contribution in [0.2, 0.25) is 5.02 Å². The molecule has 0 bridgehead atoms. The average Bonchev–Trinajstić information content (AvgIpc) is 3.04. The van der Waals surface area contributed by atoms with Crippen molar-refractivity contribution < 1.29 is 9.53 Å². The van der Waals surface area contributed by atoms with Crippen molar-refractivity contribution in [3.05, 3.63) is 58.6 Å². The third kappa shape index (κ3) is 3.60. The molecule has 1 heterocycles. The summed E-state index contributed by atoms with van der Waals surface area (Å²) in [6, 6.07) is 13.0. The molecule has 6 heteroatoms. The van der Waals surface area contributed by atoms with Crippen molar-refractivity contribution in [2.45, 2.75) is 18.9 Å². The molecular formula is C18H20Cl2N2O2. The number of carbonyl (C=O) groups is 1. The van der Waals surface area contributed by atoms with Gasteiger partial charge >= 0.3 is 0 Å². The van der Waals surface area contributed by atoms with Gasteiger partial charge in [-0.15, -0.1) is 12.4 Å². The molecular weight excluding hydrogens is 347 g/mol. The van der Waals surface area contributed by atoms with Crippen LogP contribution in [0.5, 0.6) is 5.75 Å². The lowest BCUT2D eigenvalue weighted by Gasteiger charge is -2.25. The smallest absolute Gasteiger partial charge is 0.255 e. The quantitative estimate of drug-likeness (QED) is 0.822. The fraction of sp³-hybridized carbons (Fsp3) is 0.278. The Morgan fingerprint density at radius 1 is 1.25 bits per heavy atom. The highest BCUT2D eigenvalue weighted by molar-refractivity contribution is 6.34. The molecule has 0 spiro atoms. The predicted molar refractivity (Wildman–Crippen MR) is 99.1 cm³/mol. The molecule has 1 atom stereocenters. The zero-order valence-electron chi connectivity index (χ0n) is 13.4. The Bertz CT molecular complexity index is 719. The summed E-state index contributed by atoms with van der Waals surface area (Å²) in [4.78, 5) is 14.8. The third-order valence-corrected chi connectivity index (χ3v) is 4.55. The summed E-state index contributed by atoms with van der Waals surface area (Å²) in [5.41, 5.74) is 7.88. The van der Waals surface area contributed by atoms with E-state index in [0.717, 1.165) is 30.7 Å². The number of anilines is 1. The average molecular weight is 367 g/mol. The van der Waals surface area contributed by atoms with Crippen LogP contribution in [0, 0.1) is 0 Å². The molecule has 2 N–H and O–H groups in total. The Balaban J connectivity index is 0.00000208. The van der Waals surface area contributed by atoms with E-state index in [1.165, 1.54) is 0 Å². The Morgan fingerprint density at radius 2 is 1.96 bits per heavy atom. The first-order valence-electron chi connectivity index (χ1n) is 7.60. The lowest BCUT2D eigenvalue weighted by molar-refractivity contribution is 0.0736. The largest absolute Gasteiger partial charge is 0.497 e. The first kappa shape index (κ1) is 18.4. The van der Waals surface area contributed by atoms with Gasteiger partial charge in [-0.3, -0.25) is 4.79 Å². The van der Waals surface area contributed by atoms with E-state index < -0.39 is 0 Å². The van der Waals surface area contributed by atoms with Crippen molar-refractivity contribution in [3.8, 4) is 5.75 Å². The minimum atomic E-state index is -0.0479. The molecule has 1 saturated heterocycles. The van der Waals surface area contributed by atoms with Crippen LogP contribution in [0.3, 0.4) is 0 Å². The first-order valence-corrected chi connectivity index (χ1v) is 7.98. The Hall–Kier alpha value is -1.91. The fourth-order valence-electron chi connectivity index (χ4n) is 3.04. The molecule has 4 nitrogen and oxygen atoms in total. The number of methoxy groups -OCH3 is 1. The molecule has 1 aliphatic rings. The summed E-state index contributed by atoms with van der Waals surface area (Å²) in [7, 11) is 1.64. The summed E-state index contributed by atoms with van der Waals surface area (Å²) >= 11 is 6.19. The summed E-state index contributed by atoms with van der Waals surface area (Å²) in [6.07, 6.45) is 1.93. The van der Waals surface area contributed by atoms with Crippen molar-refractivity contribution in [1.82, 2.24) is 4.90 Å². The minimum Gasteiger partial charge on any atom is -0.497 e. The molecule has 1 fully saturated rings. The highest BCUT2D eigenvalue weighted by Gasteiger charge is 2.31. The van der Waals surface area contributed by atoms with Crippen LogP contribution in [0.25, 0.3) is 0 Å². The van der Waals surface area contributed by atoms with Gasteiger partial charge in [0.25, 0.3) is 5.91 Å². The van der Waals surface area contributed by atoms with E-state index in [1.807, 2.05) is 29.2 Å². The van der Waals surface area contributed by atoms with Crippen molar-refractivity contribution in [1.29, 1.82) is 0 Å². The van der Waals surface area contributed by atoms with Crippen molar-refractivity contribution in [2.75, 3.05) is 19.4 Å². The van der Waals surface area contributed by atoms with E-state index >= 15 is 0 Å². The SMILES string of the molecule is COc1ccc(C2CCCN2C(=O)c2ccc(N)cc2Cl)cc1.Cl. The van der Waals surface area contributed by atoms with E-state index in [4.69, 9.17) is 22.1 Å². The molecule has 1 unspecified atom stereocenters. The van der Waals surface area contributed by atoms with Gasteiger partial charge in [0.2, 0.25) is 0 Å². The topological polar surface area (TPSA) is 55.6 Å². The van der Waals surface area contributed by atoms with Gasteiger partial charge < -0.3 is 15.4 Å². The van der Waals surface area contributed by atoms with Gasteiger partial charge in [0.05, 0.1) is 23.7 Å². The predicted octanol–water partition coefficient (Wildman–Crippen LogP) is 4.33. The van der Waals surface area contributed by atoms with Gasteiger partial charge in [-0.25, -0.2) is 0 Å². The molecule has 1 amide bonds. The molecule has 128 valence electrons. The Labute approximate surface area is 153 Å². The monoisotopic (exact) mass is 366 g/mol. The second kappa shape index (κ2) is 7.77. The summed E-state index contributed by atoms with van der Waals surface area (Å²) in [5, 5.41) is 0.399. The molecule has 24 heavy (non-hydrogen) atoms. The molecule has 1 aliphatic heterocycles. The maximum atomic E-state index is 12.9. The number of amides is 1. The molecule has 0 aromatic heterocycles. The highest BCUT2D eigenvalue weighted by Crippen LogP contribution is 2.35. The molecule has 2 aromatic rings. The van der Waals surface area contributed by atoms with Crippen LogP contribution >= 0.6 is 24.0 Å². The maximum Gasteiger partial charge on any atom is 0.255 e. The van der Waals surface area contributed by atoms with E-state index in [9.17, 15) is 4.79 Å². The lowest BCUT2D eigenvalue weighted by atomic mass is 10.0. The second-order valence-electron chi connectivity index (χ2n) is 5.67. The number of hydrogen-bond acceptors (Lipinski definition) is 3. The number of nitrogens with two attached hydrogens (primary N) is 1. The number of likely N-dealkylation sites (tertiary alicyclic amines) is 1. The number of ether oxygens (including phenoxy) is 1. The molecule has 2 aromatic carbocycles. The van der Waals surface area contributed by atoms with Gasteiger partial charge in [0.15, 0.2) is 0 Å². The number of carbonyl (C=O) groups excluding carboxylic acids is 1.